The molecule has 5 nitrogen and oxygen atoms in total. The Morgan fingerprint density at radius 1 is 1.11 bits per heavy atom. The van der Waals surface area contributed by atoms with Crippen LogP contribution in [0.25, 0.3) is 21.3 Å². The van der Waals surface area contributed by atoms with Crippen molar-refractivity contribution in [2.75, 3.05) is 50.8 Å². The summed E-state index contributed by atoms with van der Waals surface area (Å²) in [6.07, 6.45) is 0. The minimum Gasteiger partial charge on any atom is -0.491 e. The Labute approximate surface area is 163 Å². The van der Waals surface area contributed by atoms with Crippen LogP contribution in [0.15, 0.2) is 41.8 Å². The average molecular weight is 384 g/mol. The number of aliphatic hydroxyl groups excluding tert-OH is 1. The minimum absolute atomic E-state index is 0.0208. The molecule has 1 saturated heterocycles. The van der Waals surface area contributed by atoms with E-state index in [0.717, 1.165) is 55.5 Å². The van der Waals surface area contributed by atoms with E-state index in [0.29, 0.717) is 6.61 Å². The normalized spacial score (nSPS) is 15.4. The van der Waals surface area contributed by atoms with Crippen molar-refractivity contribution in [3.05, 3.63) is 41.8 Å². The molecule has 0 atom stereocenters. The highest BCUT2D eigenvalue weighted by Gasteiger charge is 2.20. The summed E-state index contributed by atoms with van der Waals surface area (Å²) in [5.41, 5.74) is 2.07. The molecule has 1 aliphatic heterocycles. The molecule has 0 spiro atoms. The van der Waals surface area contributed by atoms with Crippen LogP contribution in [0.5, 0.6) is 5.75 Å². The zero-order valence-corrected chi connectivity index (χ0v) is 16.4. The number of nitrogens with zero attached hydrogens (tertiary/aromatic N) is 3. The van der Waals surface area contributed by atoms with Gasteiger partial charge in [0, 0.05) is 41.8 Å². The molecular weight excluding hydrogens is 358 g/mol. The van der Waals surface area contributed by atoms with Crippen molar-refractivity contribution in [1.82, 2.24) is 9.88 Å². The van der Waals surface area contributed by atoms with Crippen LogP contribution in [-0.4, -0.2) is 60.9 Å². The number of fused-ring (bicyclic) bond motifs is 1. The van der Waals surface area contributed by atoms with Gasteiger partial charge in [0.2, 0.25) is 0 Å². The molecule has 27 heavy (non-hydrogen) atoms. The predicted octanol–water partition coefficient (Wildman–Crippen LogP) is 3.48. The van der Waals surface area contributed by atoms with E-state index in [2.05, 4.69) is 34.2 Å². The van der Waals surface area contributed by atoms with Gasteiger partial charge in [0.1, 0.15) is 18.2 Å². The first kappa shape index (κ1) is 18.2. The third-order valence-electron chi connectivity index (χ3n) is 5.06. The maximum Gasteiger partial charge on any atom is 0.138 e. The Bertz CT molecular complexity index is 886. The third kappa shape index (κ3) is 3.93. The van der Waals surface area contributed by atoms with Crippen molar-refractivity contribution in [2.45, 2.75) is 6.92 Å². The minimum atomic E-state index is 0.0208. The Balaban J connectivity index is 1.64. The second-order valence-electron chi connectivity index (χ2n) is 6.68. The van der Waals surface area contributed by atoms with Gasteiger partial charge in [-0.25, -0.2) is 4.98 Å². The van der Waals surface area contributed by atoms with Gasteiger partial charge in [-0.1, -0.05) is 6.92 Å². The number of anilines is 1. The fourth-order valence-electron chi connectivity index (χ4n) is 3.50. The number of pyridine rings is 1. The number of hydrogen-bond donors (Lipinski definition) is 1. The van der Waals surface area contributed by atoms with E-state index in [1.54, 1.807) is 11.3 Å². The van der Waals surface area contributed by atoms with E-state index in [1.807, 2.05) is 24.3 Å². The molecule has 3 aromatic rings. The van der Waals surface area contributed by atoms with Crippen LogP contribution in [0.1, 0.15) is 6.92 Å². The molecule has 1 aromatic carbocycles. The lowest BCUT2D eigenvalue weighted by molar-refractivity contribution is 0.201. The van der Waals surface area contributed by atoms with Crippen LogP contribution in [0.4, 0.5) is 5.82 Å². The van der Waals surface area contributed by atoms with Gasteiger partial charge >= 0.3 is 0 Å². The molecule has 0 radical (unpaired) electrons. The molecule has 0 amide bonds. The van der Waals surface area contributed by atoms with Crippen molar-refractivity contribution in [3.63, 3.8) is 0 Å². The van der Waals surface area contributed by atoms with Crippen molar-refractivity contribution in [3.8, 4) is 17.0 Å². The lowest BCUT2D eigenvalue weighted by atomic mass is 10.1. The molecule has 142 valence electrons. The molecular formula is C21H25N3O2S. The maximum atomic E-state index is 8.89. The molecule has 0 unspecified atom stereocenters. The largest absolute Gasteiger partial charge is 0.491 e. The standard InChI is InChI=1S/C21H25N3O2S/c1-2-23-8-10-24(11-9-23)21-18-7-14-27-20(18)15-19(22-21)16-3-5-17(6-4-16)26-13-12-25/h3-7,14-15,25H,2,8-13H2,1H3. The highest BCUT2D eigenvalue weighted by Crippen LogP contribution is 2.34. The zero-order valence-electron chi connectivity index (χ0n) is 15.6. The smallest absolute Gasteiger partial charge is 0.138 e. The topological polar surface area (TPSA) is 48.8 Å². The van der Waals surface area contributed by atoms with Crippen molar-refractivity contribution < 1.29 is 9.84 Å². The SMILES string of the molecule is CCN1CCN(c2nc(-c3ccc(OCCO)cc3)cc3sccc23)CC1. The monoisotopic (exact) mass is 383 g/mol. The number of benzene rings is 1. The number of piperazine rings is 1. The highest BCUT2D eigenvalue weighted by molar-refractivity contribution is 7.17. The predicted molar refractivity (Wildman–Crippen MR) is 112 cm³/mol. The van der Waals surface area contributed by atoms with Crippen LogP contribution in [0.3, 0.4) is 0 Å². The first-order valence-corrected chi connectivity index (χ1v) is 10.4. The van der Waals surface area contributed by atoms with Crippen molar-refractivity contribution in [1.29, 1.82) is 0 Å². The number of aromatic nitrogens is 1. The molecule has 1 N–H and O–H groups in total. The summed E-state index contributed by atoms with van der Waals surface area (Å²) < 4.78 is 6.73. The number of aliphatic hydroxyl groups is 1. The fraction of sp³-hybridized carbons (Fsp3) is 0.381. The van der Waals surface area contributed by atoms with Crippen LogP contribution in [0.2, 0.25) is 0 Å². The van der Waals surface area contributed by atoms with Gasteiger partial charge in [-0.3, -0.25) is 0 Å². The second-order valence-corrected chi connectivity index (χ2v) is 7.63. The van der Waals surface area contributed by atoms with E-state index in [4.69, 9.17) is 14.8 Å². The van der Waals surface area contributed by atoms with Gasteiger partial charge in [-0.05, 0) is 48.3 Å². The summed E-state index contributed by atoms with van der Waals surface area (Å²) in [4.78, 5) is 9.95. The third-order valence-corrected chi connectivity index (χ3v) is 5.92. The van der Waals surface area contributed by atoms with Gasteiger partial charge in [-0.2, -0.15) is 0 Å². The summed E-state index contributed by atoms with van der Waals surface area (Å²) in [5.74, 6) is 1.86. The lowest BCUT2D eigenvalue weighted by Crippen LogP contribution is -2.46. The summed E-state index contributed by atoms with van der Waals surface area (Å²) in [6, 6.07) is 12.3. The molecule has 0 bridgehead atoms. The molecule has 1 aliphatic rings. The molecule has 1 fully saturated rings. The molecule has 6 heteroatoms. The van der Waals surface area contributed by atoms with E-state index in [1.165, 1.54) is 10.1 Å². The number of thiophene rings is 1. The summed E-state index contributed by atoms with van der Waals surface area (Å²) in [6.45, 7) is 7.88. The van der Waals surface area contributed by atoms with Gasteiger partial charge < -0.3 is 19.6 Å². The fourth-order valence-corrected chi connectivity index (χ4v) is 4.32. The number of ether oxygens (including phenoxy) is 1. The van der Waals surface area contributed by atoms with Crippen LogP contribution < -0.4 is 9.64 Å². The Hall–Kier alpha value is -2.15. The summed E-state index contributed by atoms with van der Waals surface area (Å²) in [7, 11) is 0. The summed E-state index contributed by atoms with van der Waals surface area (Å²) in [5, 5.41) is 12.3. The number of hydrogen-bond acceptors (Lipinski definition) is 6. The first-order valence-electron chi connectivity index (χ1n) is 9.48. The molecule has 3 heterocycles. The molecule has 0 aliphatic carbocycles. The first-order chi connectivity index (χ1) is 13.3. The van der Waals surface area contributed by atoms with Crippen LogP contribution in [-0.2, 0) is 0 Å². The van der Waals surface area contributed by atoms with Gasteiger partial charge in [-0.15, -0.1) is 11.3 Å². The van der Waals surface area contributed by atoms with Crippen molar-refractivity contribution >= 4 is 27.2 Å². The maximum absolute atomic E-state index is 8.89. The van der Waals surface area contributed by atoms with Crippen molar-refractivity contribution in [2.24, 2.45) is 0 Å². The Morgan fingerprint density at radius 2 is 1.89 bits per heavy atom. The summed E-state index contributed by atoms with van der Waals surface area (Å²) >= 11 is 1.76. The molecule has 2 aromatic heterocycles. The van der Waals surface area contributed by atoms with Crippen LogP contribution >= 0.6 is 11.3 Å². The van der Waals surface area contributed by atoms with Gasteiger partial charge in [0.15, 0.2) is 0 Å². The molecule has 4 rings (SSSR count). The quantitative estimate of drug-likeness (QED) is 0.706. The number of rotatable bonds is 6. The Morgan fingerprint density at radius 3 is 2.59 bits per heavy atom. The van der Waals surface area contributed by atoms with E-state index < -0.39 is 0 Å². The molecule has 0 saturated carbocycles. The van der Waals surface area contributed by atoms with E-state index in [-0.39, 0.29) is 6.61 Å². The van der Waals surface area contributed by atoms with E-state index >= 15 is 0 Å². The van der Waals surface area contributed by atoms with E-state index in [9.17, 15) is 0 Å². The average Bonchev–Trinajstić information content (AvgIpc) is 3.21. The van der Waals surface area contributed by atoms with Gasteiger partial charge in [0.25, 0.3) is 0 Å². The lowest BCUT2D eigenvalue weighted by Gasteiger charge is -2.35. The number of likely N-dealkylation sites (N-methyl/N-ethyl adjacent to an activating group) is 1. The highest BCUT2D eigenvalue weighted by atomic mass is 32.1. The Kier molecular flexibility index (Phi) is 5.57. The van der Waals surface area contributed by atoms with Crippen LogP contribution in [0, 0.1) is 0 Å². The van der Waals surface area contributed by atoms with Gasteiger partial charge in [0.05, 0.1) is 12.3 Å². The zero-order chi connectivity index (χ0) is 18.6. The second kappa shape index (κ2) is 8.25.